The molecule has 0 radical (unpaired) electrons. The Hall–Kier alpha value is -1.66. The van der Waals surface area contributed by atoms with Gasteiger partial charge in [0.15, 0.2) is 11.5 Å². The molecule has 2 aromatic rings. The van der Waals surface area contributed by atoms with Crippen LogP contribution in [-0.4, -0.2) is 19.6 Å². The number of benzene rings is 2. The fraction of sp³-hybridized carbons (Fsp3) is 0.333. The van der Waals surface area contributed by atoms with Crippen molar-refractivity contribution in [2.75, 3.05) is 0 Å². The third kappa shape index (κ3) is 4.66. The maximum absolute atomic E-state index is 11.6. The lowest BCUT2D eigenvalue weighted by molar-refractivity contribution is 0.263. The van der Waals surface area contributed by atoms with Gasteiger partial charge in [-0.2, -0.15) is 0 Å². The molecule has 0 aliphatic rings. The molecule has 0 aliphatic carbocycles. The molecule has 2 aromatic carbocycles. The fourth-order valence-electron chi connectivity index (χ4n) is 3.08. The number of aryl methyl sites for hydroxylation is 1. The molecule has 0 unspecified atom stereocenters. The second kappa shape index (κ2) is 7.64. The van der Waals surface area contributed by atoms with Crippen LogP contribution >= 0.6 is 15.6 Å². The SMILES string of the molecule is Cc1ccc(-c2c(C)c(C)c(C)c(OP(=O)(O)O)c2OP(=O)(O)O)c(C)c1C. The van der Waals surface area contributed by atoms with Gasteiger partial charge >= 0.3 is 15.6 Å². The monoisotopic (exact) mass is 430 g/mol. The van der Waals surface area contributed by atoms with E-state index in [4.69, 9.17) is 9.05 Å². The van der Waals surface area contributed by atoms with Gasteiger partial charge in [0.25, 0.3) is 0 Å². The minimum absolute atomic E-state index is 0.314. The maximum Gasteiger partial charge on any atom is 0.524 e. The molecule has 0 fully saturated rings. The third-order valence-electron chi connectivity index (χ3n) is 5.02. The minimum Gasteiger partial charge on any atom is -0.400 e. The molecule has 154 valence electrons. The predicted molar refractivity (Wildman–Crippen MR) is 106 cm³/mol. The Balaban J connectivity index is 3.01. The van der Waals surface area contributed by atoms with Gasteiger partial charge in [0.05, 0.1) is 0 Å². The zero-order valence-corrected chi connectivity index (χ0v) is 18.3. The highest BCUT2D eigenvalue weighted by Gasteiger charge is 2.31. The Morgan fingerprint density at radius 2 is 1.14 bits per heavy atom. The van der Waals surface area contributed by atoms with E-state index in [0.717, 1.165) is 16.7 Å². The second-order valence-corrected chi connectivity index (χ2v) is 9.08. The molecule has 0 saturated carbocycles. The van der Waals surface area contributed by atoms with Gasteiger partial charge < -0.3 is 9.05 Å². The zero-order chi connectivity index (χ0) is 21.6. The molecule has 0 aliphatic heterocycles. The highest BCUT2D eigenvalue weighted by Crippen LogP contribution is 2.55. The van der Waals surface area contributed by atoms with Crippen molar-refractivity contribution in [3.8, 4) is 22.6 Å². The van der Waals surface area contributed by atoms with Crippen molar-refractivity contribution < 1.29 is 37.8 Å². The smallest absolute Gasteiger partial charge is 0.400 e. The summed E-state index contributed by atoms with van der Waals surface area (Å²) in [5.41, 5.74) is 5.44. The van der Waals surface area contributed by atoms with Gasteiger partial charge in [0, 0.05) is 5.56 Å². The average molecular weight is 430 g/mol. The predicted octanol–water partition coefficient (Wildman–Crippen LogP) is 4.15. The van der Waals surface area contributed by atoms with E-state index in [1.54, 1.807) is 19.9 Å². The van der Waals surface area contributed by atoms with E-state index in [9.17, 15) is 28.7 Å². The molecule has 10 heteroatoms. The van der Waals surface area contributed by atoms with E-state index in [2.05, 4.69) is 0 Å². The van der Waals surface area contributed by atoms with Crippen LogP contribution in [0, 0.1) is 41.5 Å². The van der Waals surface area contributed by atoms with Crippen LogP contribution in [0.15, 0.2) is 12.1 Å². The molecule has 0 amide bonds. The van der Waals surface area contributed by atoms with Crippen LogP contribution in [0.4, 0.5) is 0 Å². The molecular weight excluding hydrogens is 406 g/mol. The summed E-state index contributed by atoms with van der Waals surface area (Å²) >= 11 is 0. The van der Waals surface area contributed by atoms with Gasteiger partial charge in [-0.15, -0.1) is 0 Å². The summed E-state index contributed by atoms with van der Waals surface area (Å²) in [6, 6.07) is 3.64. The molecule has 0 atom stereocenters. The summed E-state index contributed by atoms with van der Waals surface area (Å²) in [6.45, 7) is 10.7. The van der Waals surface area contributed by atoms with Crippen LogP contribution in [0.1, 0.15) is 33.4 Å². The van der Waals surface area contributed by atoms with E-state index in [0.29, 0.717) is 27.8 Å². The first-order valence-corrected chi connectivity index (χ1v) is 11.4. The van der Waals surface area contributed by atoms with Gasteiger partial charge in [0.2, 0.25) is 0 Å². The summed E-state index contributed by atoms with van der Waals surface area (Å²) < 4.78 is 32.8. The van der Waals surface area contributed by atoms with Crippen molar-refractivity contribution >= 4 is 15.6 Å². The quantitative estimate of drug-likeness (QED) is 0.520. The highest BCUT2D eigenvalue weighted by molar-refractivity contribution is 7.47. The Bertz CT molecular complexity index is 1030. The minimum atomic E-state index is -5.05. The second-order valence-electron chi connectivity index (χ2n) is 6.75. The molecular formula is C18H24O8P2. The number of hydrogen-bond acceptors (Lipinski definition) is 4. The van der Waals surface area contributed by atoms with E-state index in [1.165, 1.54) is 6.92 Å². The first kappa shape index (κ1) is 22.6. The van der Waals surface area contributed by atoms with E-state index in [-0.39, 0.29) is 0 Å². The first-order valence-electron chi connectivity index (χ1n) is 8.35. The average Bonchev–Trinajstić information content (AvgIpc) is 2.54. The molecule has 0 saturated heterocycles. The number of phosphoric acid groups is 2. The summed E-state index contributed by atoms with van der Waals surface area (Å²) in [5, 5.41) is 0. The Labute approximate surface area is 163 Å². The van der Waals surface area contributed by atoms with Crippen molar-refractivity contribution in [2.24, 2.45) is 0 Å². The van der Waals surface area contributed by atoms with Crippen LogP contribution in [0.25, 0.3) is 11.1 Å². The van der Waals surface area contributed by atoms with Crippen LogP contribution in [0.2, 0.25) is 0 Å². The molecule has 0 bridgehead atoms. The van der Waals surface area contributed by atoms with Crippen molar-refractivity contribution in [2.45, 2.75) is 41.5 Å². The Kier molecular flexibility index (Phi) is 6.17. The maximum atomic E-state index is 11.6. The van der Waals surface area contributed by atoms with Crippen LogP contribution in [-0.2, 0) is 9.13 Å². The van der Waals surface area contributed by atoms with Crippen molar-refractivity contribution in [1.29, 1.82) is 0 Å². The molecule has 0 spiro atoms. The Morgan fingerprint density at radius 3 is 1.64 bits per heavy atom. The zero-order valence-electron chi connectivity index (χ0n) is 16.5. The molecule has 0 aromatic heterocycles. The van der Waals surface area contributed by atoms with Crippen LogP contribution in [0.3, 0.4) is 0 Å². The Morgan fingerprint density at radius 1 is 0.643 bits per heavy atom. The fourth-order valence-corrected chi connectivity index (χ4v) is 3.95. The summed E-state index contributed by atoms with van der Waals surface area (Å²) in [4.78, 5) is 37.5. The normalized spacial score (nSPS) is 12.2. The van der Waals surface area contributed by atoms with Gasteiger partial charge in [0.1, 0.15) is 0 Å². The summed E-state index contributed by atoms with van der Waals surface area (Å²) in [7, 11) is -10.1. The van der Waals surface area contributed by atoms with Gasteiger partial charge in [-0.25, -0.2) is 9.13 Å². The largest absolute Gasteiger partial charge is 0.524 e. The molecule has 2 rings (SSSR count). The van der Waals surface area contributed by atoms with Gasteiger partial charge in [-0.3, -0.25) is 19.6 Å². The topological polar surface area (TPSA) is 134 Å². The van der Waals surface area contributed by atoms with E-state index < -0.39 is 27.1 Å². The van der Waals surface area contributed by atoms with Crippen molar-refractivity contribution in [3.63, 3.8) is 0 Å². The van der Waals surface area contributed by atoms with Gasteiger partial charge in [-0.05, 0) is 80.5 Å². The first-order chi connectivity index (χ1) is 12.6. The number of phosphoric ester groups is 2. The van der Waals surface area contributed by atoms with Crippen LogP contribution < -0.4 is 9.05 Å². The van der Waals surface area contributed by atoms with Crippen molar-refractivity contribution in [1.82, 2.24) is 0 Å². The summed E-state index contributed by atoms with van der Waals surface area (Å²) in [6.07, 6.45) is 0. The lowest BCUT2D eigenvalue weighted by Crippen LogP contribution is -2.05. The summed E-state index contributed by atoms with van der Waals surface area (Å²) in [5.74, 6) is -0.795. The molecule has 0 heterocycles. The lowest BCUT2D eigenvalue weighted by atomic mass is 9.88. The molecule has 8 nitrogen and oxygen atoms in total. The third-order valence-corrected chi connectivity index (χ3v) is 5.86. The number of rotatable bonds is 5. The lowest BCUT2D eigenvalue weighted by Gasteiger charge is -2.24. The van der Waals surface area contributed by atoms with Crippen molar-refractivity contribution in [3.05, 3.63) is 45.5 Å². The van der Waals surface area contributed by atoms with E-state index >= 15 is 0 Å². The molecule has 4 N–H and O–H groups in total. The standard InChI is InChI=1S/C18H24O8P2/c1-9-7-8-15(12(4)10(9)2)16-13(5)11(3)14(6)17(25-27(19,20)21)18(16)26-28(22,23)24/h7-8H,1-6H3,(H2,19,20,21)(H2,22,23,24). The highest BCUT2D eigenvalue weighted by atomic mass is 31.2. The number of hydrogen-bond donors (Lipinski definition) is 4. The van der Waals surface area contributed by atoms with Gasteiger partial charge in [-0.1, -0.05) is 12.1 Å². The van der Waals surface area contributed by atoms with E-state index in [1.807, 2.05) is 26.8 Å². The van der Waals surface area contributed by atoms with Crippen LogP contribution in [0.5, 0.6) is 11.5 Å². The molecule has 28 heavy (non-hydrogen) atoms.